The van der Waals surface area contributed by atoms with Crippen LogP contribution in [0.1, 0.15) is 25.0 Å². The summed E-state index contributed by atoms with van der Waals surface area (Å²) >= 11 is 0. The Hall–Kier alpha value is -3.74. The molecule has 3 heterocycles. The van der Waals surface area contributed by atoms with Crippen LogP contribution in [0.3, 0.4) is 0 Å². The Bertz CT molecular complexity index is 1390. The van der Waals surface area contributed by atoms with Crippen molar-refractivity contribution >= 4 is 31.3 Å². The van der Waals surface area contributed by atoms with E-state index in [1.807, 2.05) is 0 Å². The second-order valence-electron chi connectivity index (χ2n) is 11.7. The summed E-state index contributed by atoms with van der Waals surface area (Å²) in [5, 5.41) is 10.2. The summed E-state index contributed by atoms with van der Waals surface area (Å²) in [6, 6.07) is 0.00589. The van der Waals surface area contributed by atoms with Crippen molar-refractivity contribution in [3.8, 4) is 0 Å². The van der Waals surface area contributed by atoms with Crippen molar-refractivity contribution in [2.24, 2.45) is 5.16 Å². The van der Waals surface area contributed by atoms with Gasteiger partial charge in [0.1, 0.15) is 24.6 Å². The molecule has 0 spiro atoms. The van der Waals surface area contributed by atoms with E-state index in [9.17, 15) is 35.9 Å². The highest BCUT2D eigenvalue weighted by Gasteiger charge is 2.38. The first kappa shape index (κ1) is 35.7. The van der Waals surface area contributed by atoms with E-state index in [0.717, 1.165) is 12.2 Å². The zero-order chi connectivity index (χ0) is 33.6. The third-order valence-corrected chi connectivity index (χ3v) is 8.29. The maximum Gasteiger partial charge on any atom is 0.423 e. The Morgan fingerprint density at radius 1 is 1.04 bits per heavy atom. The van der Waals surface area contributed by atoms with Crippen molar-refractivity contribution in [1.29, 1.82) is 0 Å². The average Bonchev–Trinajstić information content (AvgIpc) is 2.94. The summed E-state index contributed by atoms with van der Waals surface area (Å²) in [6.07, 6.45) is -7.22. The van der Waals surface area contributed by atoms with E-state index in [1.54, 1.807) is 4.90 Å². The first-order valence-corrected chi connectivity index (χ1v) is 17.7. The number of halogens is 6. The minimum absolute atomic E-state index is 0.0178. The molecule has 3 rings (SSSR count). The highest BCUT2D eigenvalue weighted by atomic mass is 28.3. The van der Waals surface area contributed by atoms with Crippen LogP contribution >= 0.6 is 0 Å². The van der Waals surface area contributed by atoms with Gasteiger partial charge in [-0.1, -0.05) is 24.8 Å². The van der Waals surface area contributed by atoms with Crippen LogP contribution in [0.15, 0.2) is 28.5 Å². The molecule has 1 aliphatic heterocycles. The van der Waals surface area contributed by atoms with Gasteiger partial charge in [0.15, 0.2) is 0 Å². The van der Waals surface area contributed by atoms with E-state index in [-0.39, 0.29) is 44.4 Å². The van der Waals surface area contributed by atoms with Gasteiger partial charge < -0.3 is 24.7 Å². The van der Waals surface area contributed by atoms with Gasteiger partial charge in [-0.25, -0.2) is 14.6 Å². The summed E-state index contributed by atoms with van der Waals surface area (Å²) < 4.78 is 85.7. The normalized spacial score (nSPS) is 15.7. The van der Waals surface area contributed by atoms with E-state index in [1.165, 1.54) is 18.7 Å². The number of nitrogens with one attached hydrogen (secondary N) is 1. The topological polar surface area (TPSA) is 127 Å². The second-order valence-corrected chi connectivity index (χ2v) is 17.3. The molecule has 0 aromatic carbocycles. The number of piperazine rings is 1. The van der Waals surface area contributed by atoms with Crippen LogP contribution in [0.4, 0.5) is 38.0 Å². The molecule has 1 fully saturated rings. The number of aromatic nitrogens is 4. The number of oxime groups is 1. The molecule has 0 saturated carbocycles. The highest BCUT2D eigenvalue weighted by Crippen LogP contribution is 2.32. The summed E-state index contributed by atoms with van der Waals surface area (Å²) in [6.45, 7) is 9.88. The number of carbonyl (C=O) groups is 1. The van der Waals surface area contributed by atoms with Crippen molar-refractivity contribution in [2.45, 2.75) is 64.7 Å². The van der Waals surface area contributed by atoms with Gasteiger partial charge in [0.25, 0.3) is 11.5 Å². The Labute approximate surface area is 256 Å². The molecule has 0 aliphatic carbocycles. The van der Waals surface area contributed by atoms with E-state index >= 15 is 0 Å². The first-order valence-electron chi connectivity index (χ1n) is 14.0. The second kappa shape index (κ2) is 14.6. The average molecular weight is 667 g/mol. The number of hydrogen-bond acceptors (Lipinski definition) is 10. The van der Waals surface area contributed by atoms with Gasteiger partial charge in [0, 0.05) is 53.3 Å². The smallest absolute Gasteiger partial charge is 0.393 e. The van der Waals surface area contributed by atoms with Crippen molar-refractivity contribution in [1.82, 2.24) is 24.6 Å². The van der Waals surface area contributed by atoms with Crippen LogP contribution in [0.2, 0.25) is 25.7 Å². The number of hydrogen-bond donors (Lipinski definition) is 1. The zero-order valence-corrected chi connectivity index (χ0v) is 26.5. The van der Waals surface area contributed by atoms with E-state index in [2.05, 4.69) is 45.2 Å². The largest absolute Gasteiger partial charge is 0.423 e. The molecule has 1 unspecified atom stereocenters. The molecule has 0 bridgehead atoms. The fourth-order valence-electron chi connectivity index (χ4n) is 4.05. The van der Waals surface area contributed by atoms with Crippen molar-refractivity contribution in [3.05, 3.63) is 40.1 Å². The summed E-state index contributed by atoms with van der Waals surface area (Å²) in [4.78, 5) is 41.2. The molecule has 1 N–H and O–H groups in total. The molecule has 2 aromatic rings. The molecule has 12 nitrogen and oxygen atoms in total. The molecule has 0 radical (unpaired) electrons. The molecule has 19 heteroatoms. The molecule has 2 aromatic heterocycles. The van der Waals surface area contributed by atoms with E-state index < -0.39 is 61.5 Å². The monoisotopic (exact) mass is 666 g/mol. The maximum atomic E-state index is 13.8. The predicted octanol–water partition coefficient (Wildman–Crippen LogP) is 3.92. The predicted molar refractivity (Wildman–Crippen MR) is 156 cm³/mol. The lowest BCUT2D eigenvalue weighted by Gasteiger charge is -2.34. The Balaban J connectivity index is 1.53. The van der Waals surface area contributed by atoms with Gasteiger partial charge in [-0.3, -0.25) is 9.59 Å². The minimum atomic E-state index is -4.97. The van der Waals surface area contributed by atoms with Gasteiger partial charge in [0.2, 0.25) is 5.95 Å². The van der Waals surface area contributed by atoms with Crippen LogP contribution in [0.5, 0.6) is 0 Å². The Kier molecular flexibility index (Phi) is 11.6. The first-order chi connectivity index (χ1) is 20.9. The standard InChI is InChI=1S/C26H36F6N8O4Si/c1-17(36-20-14-35-40(16-43-10-11-45(3,4)5)23(42)21(20)26(30,31)32)15-44-37-18(2)22(41)38-6-8-39(9-7-38)24-33-12-19(13-34-24)25(27,28)29/h12-14,17,36H,6-11,15-16H2,1-5H3/b37-18+. The maximum absolute atomic E-state index is 13.8. The number of ether oxygens (including phenoxy) is 1. The minimum Gasteiger partial charge on any atom is -0.393 e. The van der Waals surface area contributed by atoms with E-state index in [0.29, 0.717) is 23.7 Å². The summed E-state index contributed by atoms with van der Waals surface area (Å²) in [7, 11) is -1.43. The zero-order valence-electron chi connectivity index (χ0n) is 25.5. The molecule has 250 valence electrons. The fraction of sp³-hybridized carbons (Fsp3) is 0.615. The number of rotatable bonds is 12. The Morgan fingerprint density at radius 3 is 2.22 bits per heavy atom. The molecular formula is C26H36F6N8O4Si. The number of nitrogens with zero attached hydrogens (tertiary/aromatic N) is 7. The van der Waals surface area contributed by atoms with Crippen LogP contribution < -0.4 is 15.8 Å². The van der Waals surface area contributed by atoms with Crippen LogP contribution in [-0.2, 0) is 33.5 Å². The molecule has 1 aliphatic rings. The summed E-state index contributed by atoms with van der Waals surface area (Å²) in [5.74, 6) is -0.347. The molecule has 1 saturated heterocycles. The number of anilines is 2. The third kappa shape index (κ3) is 10.4. The molecule has 1 atom stereocenters. The van der Waals surface area contributed by atoms with Crippen LogP contribution in [-0.4, -0.2) is 89.8 Å². The fourth-order valence-corrected chi connectivity index (χ4v) is 4.81. The Morgan fingerprint density at radius 2 is 1.67 bits per heavy atom. The SMILES string of the molecule is C/C(=N\OCC(C)Nc1cnn(COCC[Si](C)(C)C)c(=O)c1C(F)(F)F)C(=O)N1CCN(c2ncc(C(F)(F)F)cn2)CC1. The van der Waals surface area contributed by atoms with Crippen LogP contribution in [0.25, 0.3) is 0 Å². The number of carbonyl (C=O) groups excluding carboxylic acids is 1. The van der Waals surface area contributed by atoms with Gasteiger partial charge in [-0.05, 0) is 19.9 Å². The third-order valence-electron chi connectivity index (χ3n) is 6.59. The van der Waals surface area contributed by atoms with Gasteiger partial charge in [-0.15, -0.1) is 0 Å². The van der Waals surface area contributed by atoms with Gasteiger partial charge in [0.05, 0.1) is 23.5 Å². The quantitative estimate of drug-likeness (QED) is 0.118. The lowest BCUT2D eigenvalue weighted by molar-refractivity contribution is -0.139. The van der Waals surface area contributed by atoms with Crippen molar-refractivity contribution < 1.29 is 40.7 Å². The van der Waals surface area contributed by atoms with Gasteiger partial charge >= 0.3 is 12.4 Å². The van der Waals surface area contributed by atoms with E-state index in [4.69, 9.17) is 9.57 Å². The lowest BCUT2D eigenvalue weighted by atomic mass is 10.2. The van der Waals surface area contributed by atoms with Crippen molar-refractivity contribution in [2.75, 3.05) is 49.6 Å². The highest BCUT2D eigenvalue weighted by molar-refractivity contribution is 6.76. The molecule has 1 amide bonds. The molecule has 45 heavy (non-hydrogen) atoms. The summed E-state index contributed by atoms with van der Waals surface area (Å²) in [5.41, 5.74) is -4.29. The van der Waals surface area contributed by atoms with Gasteiger partial charge in [-0.2, -0.15) is 31.4 Å². The molecular weight excluding hydrogens is 630 g/mol. The lowest BCUT2D eigenvalue weighted by Crippen LogP contribution is -2.50. The van der Waals surface area contributed by atoms with Crippen molar-refractivity contribution in [3.63, 3.8) is 0 Å². The van der Waals surface area contributed by atoms with Crippen LogP contribution in [0, 0.1) is 0 Å². The number of alkyl halides is 6. The number of amides is 1.